The van der Waals surface area contributed by atoms with Gasteiger partial charge in [-0.1, -0.05) is 13.8 Å². The highest BCUT2D eigenvalue weighted by Crippen LogP contribution is 2.16. The van der Waals surface area contributed by atoms with E-state index in [2.05, 4.69) is 33.9 Å². The van der Waals surface area contributed by atoms with Gasteiger partial charge >= 0.3 is 0 Å². The number of nitrogens with one attached hydrogen (secondary N) is 1. The van der Waals surface area contributed by atoms with Gasteiger partial charge in [0.15, 0.2) is 0 Å². The van der Waals surface area contributed by atoms with Gasteiger partial charge in [-0.2, -0.15) is 0 Å². The molecule has 96 valence electrons. The van der Waals surface area contributed by atoms with Gasteiger partial charge in [0.2, 0.25) is 0 Å². The van der Waals surface area contributed by atoms with Gasteiger partial charge in [0.05, 0.1) is 0 Å². The van der Waals surface area contributed by atoms with E-state index < -0.39 is 0 Å². The van der Waals surface area contributed by atoms with Crippen LogP contribution < -0.4 is 5.32 Å². The van der Waals surface area contributed by atoms with Gasteiger partial charge in [-0.3, -0.25) is 0 Å². The van der Waals surface area contributed by atoms with Crippen molar-refractivity contribution in [3.63, 3.8) is 0 Å². The number of piperidine rings is 1. The minimum atomic E-state index is 0.654. The van der Waals surface area contributed by atoms with Crippen LogP contribution >= 0.6 is 0 Å². The Hall–Kier alpha value is -0.900. The summed E-state index contributed by atoms with van der Waals surface area (Å²) in [5.74, 6) is 2.64. The summed E-state index contributed by atoms with van der Waals surface area (Å²) >= 11 is 0. The molecule has 1 aliphatic rings. The first-order chi connectivity index (χ1) is 8.25. The highest BCUT2D eigenvalue weighted by atomic mass is 15.3. The molecule has 1 N–H and O–H groups in total. The topological polar surface area (TPSA) is 42.7 Å². The first kappa shape index (κ1) is 12.6. The molecule has 1 atom stereocenters. The molecule has 1 fully saturated rings. The van der Waals surface area contributed by atoms with Crippen LogP contribution in [0, 0.1) is 11.8 Å². The molecule has 1 unspecified atom stereocenters. The van der Waals surface area contributed by atoms with Crippen LogP contribution in [0.25, 0.3) is 0 Å². The van der Waals surface area contributed by atoms with E-state index in [0.717, 1.165) is 24.7 Å². The Balaban J connectivity index is 1.83. The second-order valence-electron chi connectivity index (χ2n) is 5.54. The maximum atomic E-state index is 4.25. The van der Waals surface area contributed by atoms with Crippen LogP contribution in [-0.4, -0.2) is 27.9 Å². The molecule has 1 aliphatic heterocycles. The molecule has 4 heteroatoms. The summed E-state index contributed by atoms with van der Waals surface area (Å²) in [5, 5.41) is 11.8. The first-order valence-electron chi connectivity index (χ1n) is 6.83. The van der Waals surface area contributed by atoms with Crippen molar-refractivity contribution in [1.82, 2.24) is 20.1 Å². The summed E-state index contributed by atoms with van der Waals surface area (Å²) in [7, 11) is 0. The van der Waals surface area contributed by atoms with Crippen molar-refractivity contribution in [2.75, 3.05) is 13.1 Å². The molecule has 0 saturated carbocycles. The van der Waals surface area contributed by atoms with E-state index in [1.54, 1.807) is 0 Å². The second-order valence-corrected chi connectivity index (χ2v) is 5.54. The molecular formula is C13H24N4. The molecule has 0 aliphatic carbocycles. The van der Waals surface area contributed by atoms with Crippen molar-refractivity contribution >= 4 is 0 Å². The highest BCUT2D eigenvalue weighted by Gasteiger charge is 2.14. The number of aromatic nitrogens is 3. The highest BCUT2D eigenvalue weighted by molar-refractivity contribution is 4.87. The van der Waals surface area contributed by atoms with E-state index in [-0.39, 0.29) is 0 Å². The number of aryl methyl sites for hydroxylation is 1. The third-order valence-corrected chi connectivity index (χ3v) is 3.43. The van der Waals surface area contributed by atoms with Gasteiger partial charge < -0.3 is 9.88 Å². The SMILES string of the molecule is CC(C)Cn1cnnc1CCC1CCCNC1. The van der Waals surface area contributed by atoms with Crippen molar-refractivity contribution in [2.45, 2.75) is 46.1 Å². The fourth-order valence-electron chi connectivity index (χ4n) is 2.52. The van der Waals surface area contributed by atoms with E-state index in [1.165, 1.54) is 32.4 Å². The predicted molar refractivity (Wildman–Crippen MR) is 68.8 cm³/mol. The van der Waals surface area contributed by atoms with Crippen LogP contribution in [0.4, 0.5) is 0 Å². The second kappa shape index (κ2) is 6.15. The molecule has 0 amide bonds. The van der Waals surface area contributed by atoms with Gasteiger partial charge in [0.25, 0.3) is 0 Å². The Kier molecular flexibility index (Phi) is 4.54. The van der Waals surface area contributed by atoms with Gasteiger partial charge in [-0.25, -0.2) is 0 Å². The van der Waals surface area contributed by atoms with Crippen molar-refractivity contribution in [1.29, 1.82) is 0 Å². The van der Waals surface area contributed by atoms with Gasteiger partial charge in [0.1, 0.15) is 12.2 Å². The van der Waals surface area contributed by atoms with Crippen molar-refractivity contribution in [3.05, 3.63) is 12.2 Å². The fraction of sp³-hybridized carbons (Fsp3) is 0.846. The van der Waals surface area contributed by atoms with E-state index in [4.69, 9.17) is 0 Å². The molecule has 1 aromatic rings. The average molecular weight is 236 g/mol. The molecule has 1 saturated heterocycles. The van der Waals surface area contributed by atoms with Crippen molar-refractivity contribution in [3.8, 4) is 0 Å². The summed E-state index contributed by atoms with van der Waals surface area (Å²) in [4.78, 5) is 0. The molecule has 0 aromatic carbocycles. The summed E-state index contributed by atoms with van der Waals surface area (Å²) in [6.45, 7) is 7.87. The number of hydrogen-bond acceptors (Lipinski definition) is 3. The Morgan fingerprint density at radius 3 is 3.12 bits per heavy atom. The summed E-state index contributed by atoms with van der Waals surface area (Å²) in [6.07, 6.45) is 6.87. The Labute approximate surface area is 104 Å². The molecule has 1 aromatic heterocycles. The van der Waals surface area contributed by atoms with E-state index in [9.17, 15) is 0 Å². The number of rotatable bonds is 5. The minimum absolute atomic E-state index is 0.654. The molecular weight excluding hydrogens is 212 g/mol. The minimum Gasteiger partial charge on any atom is -0.317 e. The van der Waals surface area contributed by atoms with Crippen LogP contribution in [0.3, 0.4) is 0 Å². The number of nitrogens with zero attached hydrogens (tertiary/aromatic N) is 3. The Morgan fingerprint density at radius 2 is 2.41 bits per heavy atom. The van der Waals surface area contributed by atoms with Gasteiger partial charge in [-0.05, 0) is 44.2 Å². The van der Waals surface area contributed by atoms with Crippen LogP contribution in [0.2, 0.25) is 0 Å². The normalized spacial score (nSPS) is 21.0. The Morgan fingerprint density at radius 1 is 1.53 bits per heavy atom. The maximum absolute atomic E-state index is 4.25. The average Bonchev–Trinajstić information content (AvgIpc) is 2.74. The fourth-order valence-corrected chi connectivity index (χ4v) is 2.52. The lowest BCUT2D eigenvalue weighted by Gasteiger charge is -2.22. The largest absolute Gasteiger partial charge is 0.317 e. The lowest BCUT2D eigenvalue weighted by Crippen LogP contribution is -2.30. The van der Waals surface area contributed by atoms with E-state index in [0.29, 0.717) is 5.92 Å². The van der Waals surface area contributed by atoms with Gasteiger partial charge in [0, 0.05) is 13.0 Å². The standard InChI is InChI=1S/C13H24N4/c1-11(2)9-17-10-15-16-13(17)6-5-12-4-3-7-14-8-12/h10-12,14H,3-9H2,1-2H3. The van der Waals surface area contributed by atoms with Crippen LogP contribution in [0.15, 0.2) is 6.33 Å². The molecule has 2 rings (SSSR count). The lowest BCUT2D eigenvalue weighted by molar-refractivity contribution is 0.353. The molecule has 0 spiro atoms. The van der Waals surface area contributed by atoms with Crippen LogP contribution in [0.1, 0.15) is 38.9 Å². The van der Waals surface area contributed by atoms with Gasteiger partial charge in [-0.15, -0.1) is 10.2 Å². The maximum Gasteiger partial charge on any atom is 0.132 e. The molecule has 17 heavy (non-hydrogen) atoms. The van der Waals surface area contributed by atoms with Crippen LogP contribution in [-0.2, 0) is 13.0 Å². The Bertz CT molecular complexity index is 326. The first-order valence-corrected chi connectivity index (χ1v) is 6.83. The van der Waals surface area contributed by atoms with Crippen LogP contribution in [0.5, 0.6) is 0 Å². The van der Waals surface area contributed by atoms with Crippen molar-refractivity contribution in [2.24, 2.45) is 11.8 Å². The zero-order chi connectivity index (χ0) is 12.1. The smallest absolute Gasteiger partial charge is 0.132 e. The third-order valence-electron chi connectivity index (χ3n) is 3.43. The van der Waals surface area contributed by atoms with E-state index >= 15 is 0 Å². The van der Waals surface area contributed by atoms with E-state index in [1.807, 2.05) is 6.33 Å². The number of hydrogen-bond donors (Lipinski definition) is 1. The molecule has 4 nitrogen and oxygen atoms in total. The zero-order valence-electron chi connectivity index (χ0n) is 11.0. The quantitative estimate of drug-likeness (QED) is 0.848. The summed E-state index contributed by atoms with van der Waals surface area (Å²) in [5.41, 5.74) is 0. The molecule has 0 bridgehead atoms. The zero-order valence-corrected chi connectivity index (χ0v) is 11.0. The predicted octanol–water partition coefficient (Wildman–Crippen LogP) is 1.87. The summed E-state index contributed by atoms with van der Waals surface area (Å²) < 4.78 is 2.21. The molecule has 0 radical (unpaired) electrons. The lowest BCUT2D eigenvalue weighted by atomic mass is 9.94. The summed E-state index contributed by atoms with van der Waals surface area (Å²) in [6, 6.07) is 0. The molecule has 2 heterocycles. The van der Waals surface area contributed by atoms with Crippen molar-refractivity contribution < 1.29 is 0 Å². The monoisotopic (exact) mass is 236 g/mol. The third kappa shape index (κ3) is 3.80.